The van der Waals surface area contributed by atoms with Crippen LogP contribution in [0.15, 0.2) is 24.3 Å². The second kappa shape index (κ2) is 6.18. The minimum absolute atomic E-state index is 0.366. The summed E-state index contributed by atoms with van der Waals surface area (Å²) in [6.45, 7) is 3.51. The Hall–Kier alpha value is -0.860. The fourth-order valence-corrected chi connectivity index (χ4v) is 2.61. The third-order valence-electron chi connectivity index (χ3n) is 3.95. The van der Waals surface area contributed by atoms with Crippen LogP contribution in [0.25, 0.3) is 0 Å². The van der Waals surface area contributed by atoms with Gasteiger partial charge < -0.3 is 10.4 Å². The summed E-state index contributed by atoms with van der Waals surface area (Å²) in [5.41, 5.74) is 2.76. The molecule has 0 atom stereocenters. The highest BCUT2D eigenvalue weighted by molar-refractivity contribution is 5.25. The first-order valence-electron chi connectivity index (χ1n) is 6.68. The molecule has 17 heavy (non-hydrogen) atoms. The summed E-state index contributed by atoms with van der Waals surface area (Å²) in [4.78, 5) is 0. The van der Waals surface area contributed by atoms with Crippen molar-refractivity contribution in [2.45, 2.75) is 45.2 Å². The molecular weight excluding hydrogens is 210 g/mol. The van der Waals surface area contributed by atoms with E-state index in [-0.39, 0.29) is 0 Å². The average Bonchev–Trinajstić information content (AvgIpc) is 2.38. The SMILES string of the molecule is Cc1ccccc1CNC1CCC(CO)CC1. The molecule has 1 aliphatic carbocycles. The Morgan fingerprint density at radius 1 is 1.18 bits per heavy atom. The average molecular weight is 233 g/mol. The summed E-state index contributed by atoms with van der Waals surface area (Å²) in [7, 11) is 0. The monoisotopic (exact) mass is 233 g/mol. The van der Waals surface area contributed by atoms with Gasteiger partial charge in [-0.15, -0.1) is 0 Å². The Morgan fingerprint density at radius 2 is 1.88 bits per heavy atom. The largest absolute Gasteiger partial charge is 0.396 e. The number of nitrogens with one attached hydrogen (secondary N) is 1. The molecule has 0 unspecified atom stereocenters. The predicted octanol–water partition coefficient (Wildman–Crippen LogP) is 2.64. The van der Waals surface area contributed by atoms with Gasteiger partial charge in [0, 0.05) is 19.2 Å². The van der Waals surface area contributed by atoms with Gasteiger partial charge in [0.15, 0.2) is 0 Å². The number of aliphatic hydroxyl groups is 1. The zero-order valence-electron chi connectivity index (χ0n) is 10.7. The van der Waals surface area contributed by atoms with Crippen LogP contribution >= 0.6 is 0 Å². The predicted molar refractivity (Wildman–Crippen MR) is 70.9 cm³/mol. The smallest absolute Gasteiger partial charge is 0.0459 e. The van der Waals surface area contributed by atoms with E-state index in [2.05, 4.69) is 36.5 Å². The number of benzene rings is 1. The zero-order chi connectivity index (χ0) is 12.1. The van der Waals surface area contributed by atoms with Gasteiger partial charge >= 0.3 is 0 Å². The van der Waals surface area contributed by atoms with Crippen molar-refractivity contribution in [2.24, 2.45) is 5.92 Å². The minimum Gasteiger partial charge on any atom is -0.396 e. The Labute approximate surface area is 104 Å². The van der Waals surface area contributed by atoms with Crippen molar-refractivity contribution in [3.8, 4) is 0 Å². The van der Waals surface area contributed by atoms with E-state index in [0.29, 0.717) is 18.6 Å². The molecule has 0 saturated heterocycles. The summed E-state index contributed by atoms with van der Waals surface area (Å²) in [5, 5.41) is 12.7. The lowest BCUT2D eigenvalue weighted by molar-refractivity contribution is 0.175. The van der Waals surface area contributed by atoms with E-state index in [1.54, 1.807) is 0 Å². The maximum absolute atomic E-state index is 9.10. The molecule has 0 radical (unpaired) electrons. The molecule has 0 heterocycles. The molecule has 2 nitrogen and oxygen atoms in total. The van der Waals surface area contributed by atoms with E-state index in [0.717, 1.165) is 6.54 Å². The molecule has 1 fully saturated rings. The van der Waals surface area contributed by atoms with Crippen LogP contribution in [0.4, 0.5) is 0 Å². The number of rotatable bonds is 4. The standard InChI is InChI=1S/C15H23NO/c1-12-4-2-3-5-14(12)10-16-15-8-6-13(11-17)7-9-15/h2-5,13,15-17H,6-11H2,1H3. The maximum Gasteiger partial charge on any atom is 0.0459 e. The van der Waals surface area contributed by atoms with Gasteiger partial charge in [-0.05, 0) is 49.7 Å². The lowest BCUT2D eigenvalue weighted by Crippen LogP contribution is -2.33. The Bertz CT molecular complexity index is 343. The van der Waals surface area contributed by atoms with Crippen LogP contribution in [0.2, 0.25) is 0 Å². The molecule has 1 aliphatic rings. The van der Waals surface area contributed by atoms with Crippen LogP contribution < -0.4 is 5.32 Å². The van der Waals surface area contributed by atoms with Gasteiger partial charge in [-0.3, -0.25) is 0 Å². The lowest BCUT2D eigenvalue weighted by atomic mass is 9.86. The molecule has 2 rings (SSSR count). The van der Waals surface area contributed by atoms with Crippen LogP contribution in [0.5, 0.6) is 0 Å². The van der Waals surface area contributed by atoms with E-state index >= 15 is 0 Å². The summed E-state index contributed by atoms with van der Waals surface area (Å²) < 4.78 is 0. The van der Waals surface area contributed by atoms with E-state index in [1.807, 2.05) is 0 Å². The van der Waals surface area contributed by atoms with E-state index < -0.39 is 0 Å². The van der Waals surface area contributed by atoms with Crippen molar-refractivity contribution in [2.75, 3.05) is 6.61 Å². The third-order valence-corrected chi connectivity index (χ3v) is 3.95. The van der Waals surface area contributed by atoms with Crippen molar-refractivity contribution < 1.29 is 5.11 Å². The van der Waals surface area contributed by atoms with Gasteiger partial charge in [-0.25, -0.2) is 0 Å². The molecule has 0 bridgehead atoms. The van der Waals surface area contributed by atoms with E-state index in [4.69, 9.17) is 5.11 Å². The molecular formula is C15H23NO. The number of aryl methyl sites for hydroxylation is 1. The first-order valence-corrected chi connectivity index (χ1v) is 6.68. The van der Waals surface area contributed by atoms with Gasteiger partial charge in [-0.2, -0.15) is 0 Å². The number of aliphatic hydroxyl groups excluding tert-OH is 1. The Kier molecular flexibility index (Phi) is 4.57. The number of hydrogen-bond acceptors (Lipinski definition) is 2. The highest BCUT2D eigenvalue weighted by Gasteiger charge is 2.19. The van der Waals surface area contributed by atoms with Crippen LogP contribution in [0, 0.1) is 12.8 Å². The van der Waals surface area contributed by atoms with Gasteiger partial charge in [0.1, 0.15) is 0 Å². The molecule has 0 aliphatic heterocycles. The highest BCUT2D eigenvalue weighted by Crippen LogP contribution is 2.24. The summed E-state index contributed by atoms with van der Waals surface area (Å²) >= 11 is 0. The quantitative estimate of drug-likeness (QED) is 0.838. The molecule has 0 amide bonds. The molecule has 0 spiro atoms. The van der Waals surface area contributed by atoms with Gasteiger partial charge in [0.2, 0.25) is 0 Å². The van der Waals surface area contributed by atoms with Gasteiger partial charge in [0.25, 0.3) is 0 Å². The van der Waals surface area contributed by atoms with Gasteiger partial charge in [-0.1, -0.05) is 24.3 Å². The molecule has 0 aromatic heterocycles. The van der Waals surface area contributed by atoms with Crippen molar-refractivity contribution in [3.05, 3.63) is 35.4 Å². The highest BCUT2D eigenvalue weighted by atomic mass is 16.3. The normalized spacial score (nSPS) is 24.8. The van der Waals surface area contributed by atoms with Crippen molar-refractivity contribution in [1.82, 2.24) is 5.32 Å². The Balaban J connectivity index is 1.78. The van der Waals surface area contributed by atoms with Crippen molar-refractivity contribution in [3.63, 3.8) is 0 Å². The summed E-state index contributed by atoms with van der Waals surface area (Å²) in [6, 6.07) is 9.19. The van der Waals surface area contributed by atoms with Crippen LogP contribution in [-0.2, 0) is 6.54 Å². The fraction of sp³-hybridized carbons (Fsp3) is 0.600. The summed E-state index contributed by atoms with van der Waals surface area (Å²) in [5.74, 6) is 0.548. The third kappa shape index (κ3) is 3.55. The molecule has 1 saturated carbocycles. The topological polar surface area (TPSA) is 32.3 Å². The second-order valence-electron chi connectivity index (χ2n) is 5.21. The van der Waals surface area contributed by atoms with Crippen molar-refractivity contribution in [1.29, 1.82) is 0 Å². The van der Waals surface area contributed by atoms with Crippen LogP contribution in [-0.4, -0.2) is 17.8 Å². The second-order valence-corrected chi connectivity index (χ2v) is 5.21. The molecule has 94 valence electrons. The van der Waals surface area contributed by atoms with E-state index in [9.17, 15) is 0 Å². The van der Waals surface area contributed by atoms with E-state index in [1.165, 1.54) is 36.8 Å². The van der Waals surface area contributed by atoms with Gasteiger partial charge in [0.05, 0.1) is 0 Å². The number of hydrogen-bond donors (Lipinski definition) is 2. The lowest BCUT2D eigenvalue weighted by Gasteiger charge is -2.28. The van der Waals surface area contributed by atoms with Crippen LogP contribution in [0.1, 0.15) is 36.8 Å². The zero-order valence-corrected chi connectivity index (χ0v) is 10.7. The molecule has 1 aromatic carbocycles. The first-order chi connectivity index (χ1) is 8.29. The molecule has 2 N–H and O–H groups in total. The van der Waals surface area contributed by atoms with Crippen LogP contribution in [0.3, 0.4) is 0 Å². The fourth-order valence-electron chi connectivity index (χ4n) is 2.61. The Morgan fingerprint density at radius 3 is 2.53 bits per heavy atom. The first kappa shape index (κ1) is 12.6. The molecule has 1 aromatic rings. The van der Waals surface area contributed by atoms with Crippen molar-refractivity contribution >= 4 is 0 Å². The summed E-state index contributed by atoms with van der Waals surface area (Å²) in [6.07, 6.45) is 4.75. The maximum atomic E-state index is 9.10. The minimum atomic E-state index is 0.366. The molecule has 2 heteroatoms.